The van der Waals surface area contributed by atoms with E-state index in [1.807, 2.05) is 24.3 Å². The van der Waals surface area contributed by atoms with Crippen molar-refractivity contribution in [2.75, 3.05) is 13.2 Å². The number of carbonyl (C=O) groups excluding carboxylic acids is 2. The van der Waals surface area contributed by atoms with Crippen LogP contribution in [0.15, 0.2) is 54.6 Å². The number of fused-ring (bicyclic) bond motifs is 3. The fraction of sp³-hybridized carbons (Fsp3) is 0.485. The zero-order valence-corrected chi connectivity index (χ0v) is 25.2. The number of aliphatic carboxylic acids is 1. The van der Waals surface area contributed by atoms with E-state index in [9.17, 15) is 39.9 Å². The SMILES string of the molecule is CC(=O)N[C@H]1[C@H]([C@H](O)[C@H](O)CO)O[C@@](OCCCCCCC(=O)NCc2cc3ccccc3c3ccccc23)(C(=O)O)C[C@@H]1O. The summed E-state index contributed by atoms with van der Waals surface area (Å²) in [5.74, 6) is -4.53. The Kier molecular flexibility index (Phi) is 11.8. The number of hydrogen-bond donors (Lipinski definition) is 7. The third-order valence-corrected chi connectivity index (χ3v) is 8.15. The van der Waals surface area contributed by atoms with Crippen LogP contribution < -0.4 is 10.6 Å². The van der Waals surface area contributed by atoms with E-state index in [0.717, 1.165) is 21.7 Å². The Bertz CT molecular complexity index is 1480. The van der Waals surface area contributed by atoms with Crippen LogP contribution in [0.1, 0.15) is 51.0 Å². The first-order chi connectivity index (χ1) is 21.6. The van der Waals surface area contributed by atoms with Crippen molar-refractivity contribution in [1.29, 1.82) is 0 Å². The lowest BCUT2D eigenvalue weighted by molar-refractivity contribution is -0.311. The Hall–Kier alpha value is -3.65. The number of nitrogens with one attached hydrogen (secondary N) is 2. The van der Waals surface area contributed by atoms with Crippen LogP contribution in [0.5, 0.6) is 0 Å². The van der Waals surface area contributed by atoms with Gasteiger partial charge in [-0.05, 0) is 46.0 Å². The van der Waals surface area contributed by atoms with Gasteiger partial charge < -0.3 is 45.6 Å². The van der Waals surface area contributed by atoms with Crippen molar-refractivity contribution in [2.45, 2.75) is 88.2 Å². The number of aliphatic hydroxyl groups is 4. The summed E-state index contributed by atoms with van der Waals surface area (Å²) in [5, 5.41) is 60.2. The van der Waals surface area contributed by atoms with E-state index in [2.05, 4.69) is 41.0 Å². The number of aliphatic hydroxyl groups excluding tert-OH is 4. The molecular weight excluding hydrogens is 584 g/mol. The first kappa shape index (κ1) is 34.2. The van der Waals surface area contributed by atoms with Gasteiger partial charge in [0.25, 0.3) is 5.79 Å². The second-order valence-corrected chi connectivity index (χ2v) is 11.5. The lowest BCUT2D eigenvalue weighted by atomic mass is 9.88. The molecule has 0 aromatic heterocycles. The highest BCUT2D eigenvalue weighted by Gasteiger charge is 2.55. The van der Waals surface area contributed by atoms with Crippen molar-refractivity contribution >= 4 is 39.3 Å². The quantitative estimate of drug-likeness (QED) is 0.0964. The Morgan fingerprint density at radius 2 is 1.67 bits per heavy atom. The molecule has 0 spiro atoms. The van der Waals surface area contributed by atoms with Gasteiger partial charge >= 0.3 is 5.97 Å². The van der Waals surface area contributed by atoms with Gasteiger partial charge in [0.05, 0.1) is 25.4 Å². The summed E-state index contributed by atoms with van der Waals surface area (Å²) in [4.78, 5) is 36.4. The molecule has 12 heteroatoms. The molecule has 1 fully saturated rings. The number of ether oxygens (including phenoxy) is 2. The van der Waals surface area contributed by atoms with Crippen molar-refractivity contribution in [3.05, 3.63) is 60.2 Å². The second-order valence-electron chi connectivity index (χ2n) is 11.5. The predicted molar refractivity (Wildman–Crippen MR) is 165 cm³/mol. The van der Waals surface area contributed by atoms with Gasteiger partial charge in [0.15, 0.2) is 0 Å². The minimum Gasteiger partial charge on any atom is -0.477 e. The maximum absolute atomic E-state index is 12.6. The zero-order chi connectivity index (χ0) is 32.6. The lowest BCUT2D eigenvalue weighted by Crippen LogP contribution is -2.67. The molecule has 7 N–H and O–H groups in total. The fourth-order valence-electron chi connectivity index (χ4n) is 5.82. The standard InChI is InChI=1S/C33H42N2O10/c1-20(37)35-29-26(38)17-33(32(42)43,45-31(29)30(41)27(39)19-36)44-15-9-3-2-4-14-28(40)34-18-22-16-21-10-5-6-11-23(21)25-13-8-7-12-24(22)25/h5-8,10-13,16,26-27,29-31,36,38-39,41H,2-4,9,14-15,17-19H2,1H3,(H,34,40)(H,35,37)(H,42,43)/t26-,27+,29+,30+,31+,33+/m0/s1. The first-order valence-corrected chi connectivity index (χ1v) is 15.2. The molecule has 4 rings (SSSR count). The molecule has 1 aliphatic rings. The highest BCUT2D eigenvalue weighted by molar-refractivity contribution is 6.09. The number of carbonyl (C=O) groups is 3. The van der Waals surface area contributed by atoms with E-state index in [1.165, 1.54) is 12.3 Å². The second kappa shape index (κ2) is 15.6. The molecule has 1 heterocycles. The van der Waals surface area contributed by atoms with E-state index in [0.29, 0.717) is 38.6 Å². The van der Waals surface area contributed by atoms with Gasteiger partial charge in [-0.3, -0.25) is 9.59 Å². The van der Waals surface area contributed by atoms with Crippen LogP contribution in [0.2, 0.25) is 0 Å². The normalized spacial score (nSPS) is 23.0. The van der Waals surface area contributed by atoms with Crippen LogP contribution in [0.3, 0.4) is 0 Å². The topological polar surface area (TPSA) is 195 Å². The van der Waals surface area contributed by atoms with Gasteiger partial charge in [0.1, 0.15) is 18.3 Å². The molecule has 6 atom stereocenters. The minimum absolute atomic E-state index is 0.0591. The van der Waals surface area contributed by atoms with E-state index in [-0.39, 0.29) is 12.5 Å². The van der Waals surface area contributed by atoms with Crippen molar-refractivity contribution in [3.8, 4) is 0 Å². The Morgan fingerprint density at radius 1 is 1.00 bits per heavy atom. The smallest absolute Gasteiger partial charge is 0.364 e. The van der Waals surface area contributed by atoms with E-state index < -0.39 is 61.1 Å². The molecular formula is C33H42N2O10. The number of carboxylic acids is 1. The molecule has 0 saturated carbocycles. The van der Waals surface area contributed by atoms with Gasteiger partial charge in [0, 0.05) is 26.3 Å². The zero-order valence-electron chi connectivity index (χ0n) is 25.2. The number of carboxylic acid groups (broad SMARTS) is 1. The molecule has 1 aliphatic heterocycles. The van der Waals surface area contributed by atoms with Crippen LogP contribution in [0.4, 0.5) is 0 Å². The molecule has 0 unspecified atom stereocenters. The minimum atomic E-state index is -2.35. The third kappa shape index (κ3) is 8.34. The molecule has 12 nitrogen and oxygen atoms in total. The molecule has 0 radical (unpaired) electrons. The fourth-order valence-corrected chi connectivity index (χ4v) is 5.82. The Balaban J connectivity index is 1.24. The van der Waals surface area contributed by atoms with Crippen LogP contribution in [-0.4, -0.2) is 92.8 Å². The van der Waals surface area contributed by atoms with Gasteiger partial charge in [0.2, 0.25) is 11.8 Å². The molecule has 3 aromatic rings. The molecule has 2 amide bonds. The number of hydrogen-bond acceptors (Lipinski definition) is 9. The molecule has 244 valence electrons. The lowest BCUT2D eigenvalue weighted by Gasteiger charge is -2.46. The molecule has 0 aliphatic carbocycles. The van der Waals surface area contributed by atoms with Gasteiger partial charge in [-0.25, -0.2) is 4.79 Å². The van der Waals surface area contributed by atoms with Crippen LogP contribution in [-0.2, 0) is 30.4 Å². The average Bonchev–Trinajstić information content (AvgIpc) is 3.03. The first-order valence-electron chi connectivity index (χ1n) is 15.2. The summed E-state index contributed by atoms with van der Waals surface area (Å²) in [6, 6.07) is 17.1. The van der Waals surface area contributed by atoms with Crippen LogP contribution in [0.25, 0.3) is 21.5 Å². The van der Waals surface area contributed by atoms with E-state index >= 15 is 0 Å². The maximum Gasteiger partial charge on any atom is 0.364 e. The molecule has 1 saturated heterocycles. The van der Waals surface area contributed by atoms with Gasteiger partial charge in [-0.1, -0.05) is 61.4 Å². The largest absolute Gasteiger partial charge is 0.477 e. The predicted octanol–water partition coefficient (Wildman–Crippen LogP) is 1.73. The molecule has 0 bridgehead atoms. The summed E-state index contributed by atoms with van der Waals surface area (Å²) < 4.78 is 11.2. The highest BCUT2D eigenvalue weighted by Crippen LogP contribution is 2.34. The summed E-state index contributed by atoms with van der Waals surface area (Å²) in [7, 11) is 0. The number of benzene rings is 3. The van der Waals surface area contributed by atoms with Gasteiger partial charge in [-0.15, -0.1) is 0 Å². The number of amides is 2. The van der Waals surface area contributed by atoms with E-state index in [4.69, 9.17) is 9.47 Å². The van der Waals surface area contributed by atoms with Crippen LogP contribution >= 0.6 is 0 Å². The average molecular weight is 627 g/mol. The Morgan fingerprint density at radius 3 is 2.36 bits per heavy atom. The molecule has 3 aromatic carbocycles. The maximum atomic E-state index is 12.6. The summed E-state index contributed by atoms with van der Waals surface area (Å²) >= 11 is 0. The van der Waals surface area contributed by atoms with Crippen molar-refractivity contribution < 1.29 is 49.4 Å². The summed E-state index contributed by atoms with van der Waals surface area (Å²) in [6.45, 7) is 0.666. The van der Waals surface area contributed by atoms with Crippen molar-refractivity contribution in [1.82, 2.24) is 10.6 Å². The number of unbranched alkanes of at least 4 members (excludes halogenated alkanes) is 3. The highest BCUT2D eigenvalue weighted by atomic mass is 16.7. The number of rotatable bonds is 15. The summed E-state index contributed by atoms with van der Waals surface area (Å²) in [6.07, 6.45) is -4.45. The van der Waals surface area contributed by atoms with E-state index in [1.54, 1.807) is 0 Å². The Labute approximate surface area is 261 Å². The van der Waals surface area contributed by atoms with Crippen molar-refractivity contribution in [3.63, 3.8) is 0 Å². The van der Waals surface area contributed by atoms with Crippen LogP contribution in [0, 0.1) is 0 Å². The van der Waals surface area contributed by atoms with Crippen molar-refractivity contribution in [2.24, 2.45) is 0 Å². The third-order valence-electron chi connectivity index (χ3n) is 8.15. The summed E-state index contributed by atoms with van der Waals surface area (Å²) in [5.41, 5.74) is 1.04. The monoisotopic (exact) mass is 626 g/mol. The van der Waals surface area contributed by atoms with Gasteiger partial charge in [-0.2, -0.15) is 0 Å². The molecule has 45 heavy (non-hydrogen) atoms.